The summed E-state index contributed by atoms with van der Waals surface area (Å²) in [6.07, 6.45) is 2.80. The number of aromatic nitrogens is 4. The molecule has 1 atom stereocenters. The van der Waals surface area contributed by atoms with Gasteiger partial charge in [0.15, 0.2) is 5.65 Å². The lowest BCUT2D eigenvalue weighted by atomic mass is 9.82. The van der Waals surface area contributed by atoms with Gasteiger partial charge in [-0.25, -0.2) is 0 Å². The second kappa shape index (κ2) is 6.28. The predicted molar refractivity (Wildman–Crippen MR) is 87.6 cm³/mol. The number of aromatic amines is 1. The van der Waals surface area contributed by atoms with Crippen LogP contribution in [0.25, 0.3) is 11.0 Å². The molecule has 21 heavy (non-hydrogen) atoms. The number of nitrogens with zero attached hydrogens (tertiary/aromatic N) is 3. The van der Waals surface area contributed by atoms with Crippen molar-refractivity contribution < 1.29 is 0 Å². The number of H-pyrrole nitrogens is 1. The van der Waals surface area contributed by atoms with Crippen molar-refractivity contribution in [3.63, 3.8) is 0 Å². The van der Waals surface area contributed by atoms with Gasteiger partial charge in [0.2, 0.25) is 5.95 Å². The van der Waals surface area contributed by atoms with Gasteiger partial charge < -0.3 is 10.6 Å². The van der Waals surface area contributed by atoms with E-state index in [9.17, 15) is 0 Å². The number of rotatable bonds is 6. The van der Waals surface area contributed by atoms with Crippen LogP contribution in [0.3, 0.4) is 0 Å². The first kappa shape index (κ1) is 15.5. The van der Waals surface area contributed by atoms with Gasteiger partial charge in [-0.1, -0.05) is 34.6 Å². The lowest BCUT2D eigenvalue weighted by Gasteiger charge is -2.27. The van der Waals surface area contributed by atoms with E-state index in [0.717, 1.165) is 36.4 Å². The molecule has 0 amide bonds. The van der Waals surface area contributed by atoms with Crippen molar-refractivity contribution in [3.8, 4) is 0 Å². The van der Waals surface area contributed by atoms with E-state index < -0.39 is 0 Å². The van der Waals surface area contributed by atoms with Crippen LogP contribution >= 0.6 is 0 Å². The molecule has 2 aromatic rings. The highest BCUT2D eigenvalue weighted by atomic mass is 15.2. The summed E-state index contributed by atoms with van der Waals surface area (Å²) in [5.74, 6) is 2.00. The van der Waals surface area contributed by atoms with Crippen molar-refractivity contribution in [1.29, 1.82) is 0 Å². The second-order valence-electron chi connectivity index (χ2n) is 6.60. The maximum absolute atomic E-state index is 4.57. The Balaban J connectivity index is 2.19. The molecular formula is C15H26N6. The quantitative estimate of drug-likeness (QED) is 0.761. The largest absolute Gasteiger partial charge is 0.369 e. The molecule has 2 rings (SSSR count). The molecule has 0 radical (unpaired) electrons. The van der Waals surface area contributed by atoms with Gasteiger partial charge in [0.05, 0.1) is 11.6 Å². The predicted octanol–water partition coefficient (Wildman–Crippen LogP) is 3.27. The van der Waals surface area contributed by atoms with Crippen LogP contribution in [0.1, 0.15) is 41.0 Å². The summed E-state index contributed by atoms with van der Waals surface area (Å²) in [5.41, 5.74) is 1.02. The minimum Gasteiger partial charge on any atom is -0.369 e. The molecule has 0 spiro atoms. The average Bonchev–Trinajstić information content (AvgIpc) is 2.89. The molecule has 0 fully saturated rings. The Kier molecular flexibility index (Phi) is 4.65. The summed E-state index contributed by atoms with van der Waals surface area (Å²) in [4.78, 5) is 9.00. The third-order valence-electron chi connectivity index (χ3n) is 3.90. The number of hydrogen-bond acceptors (Lipinski definition) is 5. The monoisotopic (exact) mass is 290 g/mol. The Bertz CT molecular complexity index is 583. The first-order chi connectivity index (χ1) is 9.91. The van der Waals surface area contributed by atoms with Crippen LogP contribution in [0.2, 0.25) is 0 Å². The number of anilines is 2. The van der Waals surface area contributed by atoms with Crippen LogP contribution in [-0.4, -0.2) is 33.3 Å². The molecule has 1 unspecified atom stereocenters. The Morgan fingerprint density at radius 3 is 2.67 bits per heavy atom. The van der Waals surface area contributed by atoms with E-state index in [-0.39, 0.29) is 5.41 Å². The molecular weight excluding hydrogens is 264 g/mol. The fraction of sp³-hybridized carbons (Fsp3) is 0.667. The summed E-state index contributed by atoms with van der Waals surface area (Å²) in [5, 5.41) is 14.6. The molecule has 6 nitrogen and oxygen atoms in total. The first-order valence-corrected chi connectivity index (χ1v) is 7.60. The maximum atomic E-state index is 4.57. The van der Waals surface area contributed by atoms with Crippen LogP contribution in [-0.2, 0) is 0 Å². The normalized spacial score (nSPS) is 13.4. The minimum absolute atomic E-state index is 0.263. The van der Waals surface area contributed by atoms with Crippen molar-refractivity contribution >= 4 is 22.8 Å². The summed E-state index contributed by atoms with van der Waals surface area (Å²) in [6, 6.07) is 0. The molecule has 0 saturated heterocycles. The van der Waals surface area contributed by atoms with Gasteiger partial charge >= 0.3 is 0 Å². The summed E-state index contributed by atoms with van der Waals surface area (Å²) in [6.45, 7) is 12.8. The van der Waals surface area contributed by atoms with Crippen molar-refractivity contribution in [2.75, 3.05) is 23.7 Å². The highest BCUT2D eigenvalue weighted by Gasteiger charge is 2.20. The second-order valence-corrected chi connectivity index (χ2v) is 6.60. The summed E-state index contributed by atoms with van der Waals surface area (Å²) in [7, 11) is 0. The lowest BCUT2D eigenvalue weighted by molar-refractivity contribution is 0.274. The number of fused-ring (bicyclic) bond motifs is 1. The third-order valence-corrected chi connectivity index (χ3v) is 3.90. The fourth-order valence-electron chi connectivity index (χ4n) is 1.84. The molecule has 3 N–H and O–H groups in total. The van der Waals surface area contributed by atoms with E-state index in [1.807, 2.05) is 0 Å². The zero-order chi connectivity index (χ0) is 15.5. The first-order valence-electron chi connectivity index (χ1n) is 7.60. The van der Waals surface area contributed by atoms with Crippen molar-refractivity contribution in [1.82, 2.24) is 20.2 Å². The molecule has 0 saturated carbocycles. The van der Waals surface area contributed by atoms with Gasteiger partial charge in [-0.2, -0.15) is 15.1 Å². The van der Waals surface area contributed by atoms with Crippen molar-refractivity contribution in [2.45, 2.75) is 41.0 Å². The Labute approximate surface area is 126 Å². The van der Waals surface area contributed by atoms with Gasteiger partial charge in [-0.3, -0.25) is 5.10 Å². The highest BCUT2D eigenvalue weighted by Crippen LogP contribution is 2.26. The van der Waals surface area contributed by atoms with E-state index in [1.165, 1.54) is 0 Å². The van der Waals surface area contributed by atoms with Gasteiger partial charge in [-0.05, 0) is 17.8 Å². The zero-order valence-electron chi connectivity index (χ0n) is 13.6. The molecule has 0 aliphatic carbocycles. The smallest absolute Gasteiger partial charge is 0.226 e. The molecule has 0 aliphatic rings. The standard InChI is InChI=1S/C15H26N6/c1-6-7-16-14-19-12(11-9-18-21-13(11)20-14)17-8-10(2)15(3,4)5/h9-10H,6-8H2,1-5H3,(H3,16,17,18,19,20,21). The lowest BCUT2D eigenvalue weighted by Crippen LogP contribution is -2.25. The molecule has 0 bridgehead atoms. The summed E-state index contributed by atoms with van der Waals surface area (Å²) < 4.78 is 0. The molecule has 6 heteroatoms. The Hall–Kier alpha value is -1.85. The van der Waals surface area contributed by atoms with Crippen LogP contribution in [0.4, 0.5) is 11.8 Å². The van der Waals surface area contributed by atoms with E-state index in [1.54, 1.807) is 6.20 Å². The van der Waals surface area contributed by atoms with E-state index in [0.29, 0.717) is 11.9 Å². The fourth-order valence-corrected chi connectivity index (χ4v) is 1.84. The van der Waals surface area contributed by atoms with E-state index in [4.69, 9.17) is 0 Å². The Morgan fingerprint density at radius 1 is 1.24 bits per heavy atom. The Morgan fingerprint density at radius 2 is 2.00 bits per heavy atom. The van der Waals surface area contributed by atoms with E-state index >= 15 is 0 Å². The van der Waals surface area contributed by atoms with Crippen LogP contribution in [0.5, 0.6) is 0 Å². The van der Waals surface area contributed by atoms with Crippen LogP contribution in [0, 0.1) is 11.3 Å². The molecule has 2 heterocycles. The summed E-state index contributed by atoms with van der Waals surface area (Å²) >= 11 is 0. The van der Waals surface area contributed by atoms with E-state index in [2.05, 4.69) is 65.4 Å². The van der Waals surface area contributed by atoms with Crippen molar-refractivity contribution in [2.24, 2.45) is 11.3 Å². The number of hydrogen-bond donors (Lipinski definition) is 3. The molecule has 116 valence electrons. The average molecular weight is 290 g/mol. The van der Waals surface area contributed by atoms with Gasteiger partial charge in [0.1, 0.15) is 5.82 Å². The van der Waals surface area contributed by atoms with Crippen LogP contribution in [0.15, 0.2) is 6.20 Å². The van der Waals surface area contributed by atoms with Gasteiger partial charge in [-0.15, -0.1) is 0 Å². The third kappa shape index (κ3) is 3.83. The highest BCUT2D eigenvalue weighted by molar-refractivity contribution is 5.86. The SMILES string of the molecule is CCCNc1nc(NCC(C)C(C)(C)C)c2cn[nH]c2n1. The molecule has 2 aromatic heterocycles. The van der Waals surface area contributed by atoms with Gasteiger partial charge in [0, 0.05) is 13.1 Å². The topological polar surface area (TPSA) is 78.5 Å². The number of nitrogens with one attached hydrogen (secondary N) is 3. The van der Waals surface area contributed by atoms with Crippen LogP contribution < -0.4 is 10.6 Å². The van der Waals surface area contributed by atoms with Crippen molar-refractivity contribution in [3.05, 3.63) is 6.20 Å². The minimum atomic E-state index is 0.263. The molecule has 0 aromatic carbocycles. The maximum Gasteiger partial charge on any atom is 0.226 e. The molecule has 0 aliphatic heterocycles. The zero-order valence-corrected chi connectivity index (χ0v) is 13.6. The van der Waals surface area contributed by atoms with Gasteiger partial charge in [0.25, 0.3) is 0 Å².